The Bertz CT molecular complexity index is 288. The number of rotatable bonds is 4. The summed E-state index contributed by atoms with van der Waals surface area (Å²) in [5.74, 6) is 0.920. The van der Waals surface area contributed by atoms with Crippen LogP contribution < -0.4 is 9.64 Å². The minimum absolute atomic E-state index is 0.201. The lowest BCUT2D eigenvalue weighted by atomic mass is 10.3. The minimum atomic E-state index is 0.201. The average molecular weight is 258 g/mol. The Labute approximate surface area is 94.0 Å². The molecular weight excluding hydrogens is 242 g/mol. The van der Waals surface area contributed by atoms with Gasteiger partial charge in [0, 0.05) is 31.2 Å². The highest BCUT2D eigenvalue weighted by atomic mass is 79.9. The SMILES string of the molecule is CC(CBr)Oc1cccc(N(C)C)c1. The van der Waals surface area contributed by atoms with Gasteiger partial charge in [0.2, 0.25) is 0 Å². The lowest BCUT2D eigenvalue weighted by Gasteiger charge is -2.16. The zero-order valence-electron chi connectivity index (χ0n) is 8.83. The molecule has 1 atom stereocenters. The highest BCUT2D eigenvalue weighted by molar-refractivity contribution is 9.09. The molecule has 0 heterocycles. The van der Waals surface area contributed by atoms with Gasteiger partial charge in [0.1, 0.15) is 11.9 Å². The third-order valence-electron chi connectivity index (χ3n) is 1.89. The second kappa shape index (κ2) is 5.25. The molecule has 0 aliphatic carbocycles. The maximum atomic E-state index is 5.68. The molecule has 0 saturated heterocycles. The number of halogens is 1. The Morgan fingerprint density at radius 3 is 2.71 bits per heavy atom. The number of hydrogen-bond donors (Lipinski definition) is 0. The van der Waals surface area contributed by atoms with Gasteiger partial charge in [0.15, 0.2) is 0 Å². The summed E-state index contributed by atoms with van der Waals surface area (Å²) in [5.41, 5.74) is 1.16. The van der Waals surface area contributed by atoms with E-state index in [0.29, 0.717) is 0 Å². The zero-order chi connectivity index (χ0) is 10.6. The van der Waals surface area contributed by atoms with Crippen LogP contribution in [-0.2, 0) is 0 Å². The van der Waals surface area contributed by atoms with E-state index in [0.717, 1.165) is 16.8 Å². The minimum Gasteiger partial charge on any atom is -0.490 e. The third-order valence-corrected chi connectivity index (χ3v) is 2.80. The van der Waals surface area contributed by atoms with E-state index in [1.165, 1.54) is 0 Å². The first kappa shape index (κ1) is 11.4. The molecule has 0 amide bonds. The molecule has 0 spiro atoms. The fraction of sp³-hybridized carbons (Fsp3) is 0.455. The molecular formula is C11H16BrNO. The van der Waals surface area contributed by atoms with Crippen molar-refractivity contribution in [2.45, 2.75) is 13.0 Å². The molecule has 0 aromatic heterocycles. The highest BCUT2D eigenvalue weighted by Crippen LogP contribution is 2.20. The standard InChI is InChI=1S/C11H16BrNO/c1-9(8-12)14-11-6-4-5-10(7-11)13(2)3/h4-7,9H,8H2,1-3H3. The monoisotopic (exact) mass is 257 g/mol. The van der Waals surface area contributed by atoms with Crippen LogP contribution in [0.1, 0.15) is 6.92 Å². The van der Waals surface area contributed by atoms with Crippen molar-refractivity contribution in [3.63, 3.8) is 0 Å². The first-order chi connectivity index (χ1) is 6.63. The zero-order valence-corrected chi connectivity index (χ0v) is 10.4. The maximum absolute atomic E-state index is 5.68. The van der Waals surface area contributed by atoms with Crippen LogP contribution in [0.15, 0.2) is 24.3 Å². The number of hydrogen-bond acceptors (Lipinski definition) is 2. The lowest BCUT2D eigenvalue weighted by molar-refractivity contribution is 0.248. The van der Waals surface area contributed by atoms with Crippen molar-refractivity contribution in [3.05, 3.63) is 24.3 Å². The van der Waals surface area contributed by atoms with Gasteiger partial charge in [-0.25, -0.2) is 0 Å². The van der Waals surface area contributed by atoms with E-state index in [1.54, 1.807) is 0 Å². The van der Waals surface area contributed by atoms with Crippen molar-refractivity contribution in [1.29, 1.82) is 0 Å². The van der Waals surface area contributed by atoms with Crippen LogP contribution in [0.2, 0.25) is 0 Å². The van der Waals surface area contributed by atoms with Crippen LogP contribution in [0.25, 0.3) is 0 Å². The molecule has 3 heteroatoms. The van der Waals surface area contributed by atoms with E-state index in [1.807, 2.05) is 39.2 Å². The van der Waals surface area contributed by atoms with Crippen molar-refractivity contribution < 1.29 is 4.74 Å². The van der Waals surface area contributed by atoms with Gasteiger partial charge in [-0.1, -0.05) is 22.0 Å². The summed E-state index contributed by atoms with van der Waals surface area (Å²) in [7, 11) is 4.04. The van der Waals surface area contributed by atoms with E-state index < -0.39 is 0 Å². The average Bonchev–Trinajstić information content (AvgIpc) is 2.18. The third kappa shape index (κ3) is 3.22. The number of alkyl halides is 1. The molecule has 0 aliphatic heterocycles. The smallest absolute Gasteiger partial charge is 0.121 e. The molecule has 14 heavy (non-hydrogen) atoms. The largest absolute Gasteiger partial charge is 0.490 e. The van der Waals surface area contributed by atoms with Gasteiger partial charge >= 0.3 is 0 Å². The molecule has 0 fully saturated rings. The van der Waals surface area contributed by atoms with Crippen molar-refractivity contribution in [3.8, 4) is 5.75 Å². The highest BCUT2D eigenvalue weighted by Gasteiger charge is 2.02. The van der Waals surface area contributed by atoms with E-state index >= 15 is 0 Å². The molecule has 0 saturated carbocycles. The van der Waals surface area contributed by atoms with Crippen LogP contribution in [0, 0.1) is 0 Å². The molecule has 1 unspecified atom stereocenters. The van der Waals surface area contributed by atoms with Gasteiger partial charge in [-0.15, -0.1) is 0 Å². The Balaban J connectivity index is 2.73. The first-order valence-electron chi connectivity index (χ1n) is 4.63. The summed E-state index contributed by atoms with van der Waals surface area (Å²) in [5, 5.41) is 0.846. The predicted molar refractivity (Wildman–Crippen MR) is 64.7 cm³/mol. The Morgan fingerprint density at radius 2 is 2.14 bits per heavy atom. The molecule has 78 valence electrons. The lowest BCUT2D eigenvalue weighted by Crippen LogP contribution is -2.13. The molecule has 0 bridgehead atoms. The number of ether oxygens (including phenoxy) is 1. The Hall–Kier alpha value is -0.700. The van der Waals surface area contributed by atoms with Crippen LogP contribution >= 0.6 is 15.9 Å². The molecule has 1 aromatic carbocycles. The van der Waals surface area contributed by atoms with Gasteiger partial charge in [0.25, 0.3) is 0 Å². The molecule has 1 aromatic rings. The van der Waals surface area contributed by atoms with Crippen LogP contribution in [0.5, 0.6) is 5.75 Å². The Kier molecular flexibility index (Phi) is 4.26. The summed E-state index contributed by atoms with van der Waals surface area (Å²) in [6.45, 7) is 2.04. The van der Waals surface area contributed by atoms with Gasteiger partial charge in [0.05, 0.1) is 0 Å². The van der Waals surface area contributed by atoms with Crippen LogP contribution in [0.3, 0.4) is 0 Å². The second-order valence-electron chi connectivity index (χ2n) is 3.47. The summed E-state index contributed by atoms with van der Waals surface area (Å²) in [4.78, 5) is 2.06. The summed E-state index contributed by atoms with van der Waals surface area (Å²) in [6.07, 6.45) is 0.201. The van der Waals surface area contributed by atoms with Crippen molar-refractivity contribution >= 4 is 21.6 Å². The predicted octanol–water partition coefficient (Wildman–Crippen LogP) is 2.91. The van der Waals surface area contributed by atoms with Gasteiger partial charge in [-0.2, -0.15) is 0 Å². The topological polar surface area (TPSA) is 12.5 Å². The van der Waals surface area contributed by atoms with E-state index in [2.05, 4.69) is 26.9 Å². The normalized spacial score (nSPS) is 12.3. The van der Waals surface area contributed by atoms with E-state index in [4.69, 9.17) is 4.74 Å². The molecule has 0 aliphatic rings. The maximum Gasteiger partial charge on any atom is 0.121 e. The molecule has 0 N–H and O–H groups in total. The van der Waals surface area contributed by atoms with Crippen molar-refractivity contribution in [1.82, 2.24) is 0 Å². The fourth-order valence-corrected chi connectivity index (χ4v) is 1.23. The number of nitrogens with zero attached hydrogens (tertiary/aromatic N) is 1. The summed E-state index contributed by atoms with van der Waals surface area (Å²) in [6, 6.07) is 8.09. The first-order valence-corrected chi connectivity index (χ1v) is 5.75. The van der Waals surface area contributed by atoms with Gasteiger partial charge < -0.3 is 9.64 Å². The molecule has 0 radical (unpaired) electrons. The second-order valence-corrected chi connectivity index (χ2v) is 4.12. The number of anilines is 1. The molecule has 1 rings (SSSR count). The van der Waals surface area contributed by atoms with E-state index in [9.17, 15) is 0 Å². The summed E-state index contributed by atoms with van der Waals surface area (Å²) < 4.78 is 5.68. The van der Waals surface area contributed by atoms with Crippen molar-refractivity contribution in [2.75, 3.05) is 24.3 Å². The quantitative estimate of drug-likeness (QED) is 0.770. The molecule has 2 nitrogen and oxygen atoms in total. The summed E-state index contributed by atoms with van der Waals surface area (Å²) >= 11 is 3.38. The van der Waals surface area contributed by atoms with Crippen LogP contribution in [0.4, 0.5) is 5.69 Å². The van der Waals surface area contributed by atoms with Crippen LogP contribution in [-0.4, -0.2) is 25.5 Å². The number of benzene rings is 1. The van der Waals surface area contributed by atoms with Crippen molar-refractivity contribution in [2.24, 2.45) is 0 Å². The Morgan fingerprint density at radius 1 is 1.43 bits per heavy atom. The van der Waals surface area contributed by atoms with Gasteiger partial charge in [-0.3, -0.25) is 0 Å². The fourth-order valence-electron chi connectivity index (χ4n) is 1.10. The van der Waals surface area contributed by atoms with Gasteiger partial charge in [-0.05, 0) is 19.1 Å². The van der Waals surface area contributed by atoms with E-state index in [-0.39, 0.29) is 6.10 Å².